The third kappa shape index (κ3) is 4.21. The van der Waals surface area contributed by atoms with Crippen LogP contribution in [-0.4, -0.2) is 38.5 Å². The second-order valence-corrected chi connectivity index (χ2v) is 8.42. The van der Waals surface area contributed by atoms with E-state index in [1.54, 1.807) is 29.9 Å². The van der Waals surface area contributed by atoms with E-state index in [-0.39, 0.29) is 17.1 Å². The van der Waals surface area contributed by atoms with Gasteiger partial charge in [0.1, 0.15) is 11.2 Å². The summed E-state index contributed by atoms with van der Waals surface area (Å²) in [5, 5.41) is 20.5. The van der Waals surface area contributed by atoms with Crippen molar-refractivity contribution in [3.8, 4) is 11.4 Å². The van der Waals surface area contributed by atoms with E-state index in [2.05, 4.69) is 20.5 Å². The molecule has 2 aromatic carbocycles. The molecule has 0 spiro atoms. The minimum absolute atomic E-state index is 0.101. The number of carbonyl (C=O) groups is 1. The fraction of sp³-hybridized carbons (Fsp3) is 0.182. The fourth-order valence-corrected chi connectivity index (χ4v) is 4.24. The molecule has 10 heteroatoms. The predicted molar refractivity (Wildman–Crippen MR) is 126 cm³/mol. The van der Waals surface area contributed by atoms with Gasteiger partial charge in [0.05, 0.1) is 18.2 Å². The van der Waals surface area contributed by atoms with Gasteiger partial charge in [0.2, 0.25) is 5.91 Å². The molecule has 0 bridgehead atoms. The zero-order valence-corrected chi connectivity index (χ0v) is 19.3. The number of aromatic amines is 1. The summed E-state index contributed by atoms with van der Waals surface area (Å²) in [7, 11) is 1.60. The number of rotatable bonds is 6. The number of methoxy groups -OCH3 is 1. The molecule has 2 aromatic heterocycles. The molecular formula is C22H21ClN6O2S. The summed E-state index contributed by atoms with van der Waals surface area (Å²) in [6.07, 6.45) is 0. The van der Waals surface area contributed by atoms with Crippen molar-refractivity contribution in [2.45, 2.75) is 19.0 Å². The van der Waals surface area contributed by atoms with Crippen molar-refractivity contribution in [1.29, 1.82) is 5.41 Å². The first-order chi connectivity index (χ1) is 15.4. The summed E-state index contributed by atoms with van der Waals surface area (Å²) in [6.45, 7) is 3.70. The Morgan fingerprint density at radius 3 is 2.72 bits per heavy atom. The van der Waals surface area contributed by atoms with E-state index < -0.39 is 0 Å². The van der Waals surface area contributed by atoms with Gasteiger partial charge in [-0.2, -0.15) is 5.10 Å². The lowest BCUT2D eigenvalue weighted by Crippen LogP contribution is -2.23. The largest absolute Gasteiger partial charge is 0.497 e. The van der Waals surface area contributed by atoms with Crippen LogP contribution in [0.4, 0.5) is 5.69 Å². The van der Waals surface area contributed by atoms with E-state index in [0.29, 0.717) is 32.6 Å². The zero-order chi connectivity index (χ0) is 22.8. The standard InChI is InChI=1S/C22H21ClN6O2S/c1-12-16(23)5-4-6-17(12)25-18(30)11-32-22-26-21-19(13(2)27-28-21)20(24)29(22)14-7-9-15(31-3)10-8-14/h4-10,24H,11H2,1-3H3,(H,25,30)(H,27,28). The number of amides is 1. The van der Waals surface area contributed by atoms with Crippen LogP contribution in [0, 0.1) is 19.3 Å². The van der Waals surface area contributed by atoms with E-state index in [9.17, 15) is 4.79 Å². The number of ether oxygens (including phenoxy) is 1. The van der Waals surface area contributed by atoms with Crippen LogP contribution in [0.2, 0.25) is 5.02 Å². The SMILES string of the molecule is COc1ccc(-n2c(SCC(=O)Nc3cccc(Cl)c3C)nc3n[nH]c(C)c3c2=N)cc1. The van der Waals surface area contributed by atoms with Crippen LogP contribution in [0.3, 0.4) is 0 Å². The van der Waals surface area contributed by atoms with Crippen molar-refractivity contribution in [3.05, 3.63) is 64.2 Å². The van der Waals surface area contributed by atoms with E-state index >= 15 is 0 Å². The molecule has 4 aromatic rings. The van der Waals surface area contributed by atoms with Gasteiger partial charge in [-0.05, 0) is 55.8 Å². The van der Waals surface area contributed by atoms with Crippen LogP contribution in [0.15, 0.2) is 47.6 Å². The maximum atomic E-state index is 12.6. The summed E-state index contributed by atoms with van der Waals surface area (Å²) in [5.74, 6) is 0.608. The van der Waals surface area contributed by atoms with Crippen LogP contribution in [-0.2, 0) is 4.79 Å². The number of aryl methyl sites for hydroxylation is 1. The van der Waals surface area contributed by atoms with Gasteiger partial charge >= 0.3 is 0 Å². The molecule has 3 N–H and O–H groups in total. The van der Waals surface area contributed by atoms with Crippen molar-refractivity contribution < 1.29 is 9.53 Å². The monoisotopic (exact) mass is 468 g/mol. The van der Waals surface area contributed by atoms with E-state index in [0.717, 1.165) is 16.9 Å². The number of hydrogen-bond donors (Lipinski definition) is 3. The number of halogens is 1. The highest BCUT2D eigenvalue weighted by Gasteiger charge is 2.17. The topological polar surface area (TPSA) is 109 Å². The van der Waals surface area contributed by atoms with Crippen molar-refractivity contribution >= 4 is 46.0 Å². The maximum Gasteiger partial charge on any atom is 0.234 e. The van der Waals surface area contributed by atoms with Crippen molar-refractivity contribution in [2.24, 2.45) is 0 Å². The molecule has 0 aliphatic carbocycles. The predicted octanol–water partition coefficient (Wildman–Crippen LogP) is 4.24. The Hall–Kier alpha value is -3.30. The molecule has 0 saturated carbocycles. The van der Waals surface area contributed by atoms with Crippen LogP contribution >= 0.6 is 23.4 Å². The molecule has 32 heavy (non-hydrogen) atoms. The van der Waals surface area contributed by atoms with Crippen molar-refractivity contribution in [3.63, 3.8) is 0 Å². The highest BCUT2D eigenvalue weighted by atomic mass is 35.5. The fourth-order valence-electron chi connectivity index (χ4n) is 3.26. The van der Waals surface area contributed by atoms with Crippen molar-refractivity contribution in [2.75, 3.05) is 18.2 Å². The normalized spacial score (nSPS) is 11.0. The lowest BCUT2D eigenvalue weighted by atomic mass is 10.2. The first-order valence-electron chi connectivity index (χ1n) is 9.73. The molecule has 0 atom stereocenters. The average Bonchev–Trinajstić information content (AvgIpc) is 3.16. The Kier molecular flexibility index (Phi) is 6.20. The second kappa shape index (κ2) is 9.05. The summed E-state index contributed by atoms with van der Waals surface area (Å²) in [4.78, 5) is 17.3. The highest BCUT2D eigenvalue weighted by molar-refractivity contribution is 7.99. The summed E-state index contributed by atoms with van der Waals surface area (Å²) >= 11 is 7.37. The number of hydrogen-bond acceptors (Lipinski definition) is 6. The minimum Gasteiger partial charge on any atom is -0.497 e. The molecule has 0 fully saturated rings. The van der Waals surface area contributed by atoms with E-state index in [1.807, 2.05) is 38.1 Å². The number of H-pyrrole nitrogens is 1. The lowest BCUT2D eigenvalue weighted by Gasteiger charge is -2.14. The quantitative estimate of drug-likeness (QED) is 0.290. The summed E-state index contributed by atoms with van der Waals surface area (Å²) in [6, 6.07) is 12.7. The average molecular weight is 469 g/mol. The molecular weight excluding hydrogens is 448 g/mol. The molecule has 0 unspecified atom stereocenters. The Labute approximate surface area is 193 Å². The third-order valence-corrected chi connectivity index (χ3v) is 6.33. The Balaban J connectivity index is 1.67. The maximum absolute atomic E-state index is 12.6. The zero-order valence-electron chi connectivity index (χ0n) is 17.7. The van der Waals surface area contributed by atoms with Crippen LogP contribution < -0.4 is 15.5 Å². The van der Waals surface area contributed by atoms with Gasteiger partial charge in [0.25, 0.3) is 0 Å². The lowest BCUT2D eigenvalue weighted by molar-refractivity contribution is -0.113. The smallest absolute Gasteiger partial charge is 0.234 e. The Morgan fingerprint density at radius 1 is 1.25 bits per heavy atom. The molecule has 0 radical (unpaired) electrons. The number of thioether (sulfide) groups is 1. The van der Waals surface area contributed by atoms with E-state index in [4.69, 9.17) is 21.7 Å². The number of benzene rings is 2. The van der Waals surface area contributed by atoms with Crippen LogP contribution in [0.25, 0.3) is 16.7 Å². The summed E-state index contributed by atoms with van der Waals surface area (Å²) < 4.78 is 6.94. The van der Waals surface area contributed by atoms with Gasteiger partial charge in [-0.1, -0.05) is 29.4 Å². The first kappa shape index (κ1) is 21.9. The van der Waals surface area contributed by atoms with Crippen LogP contribution in [0.5, 0.6) is 5.75 Å². The van der Waals surface area contributed by atoms with Gasteiger partial charge < -0.3 is 10.1 Å². The highest BCUT2D eigenvalue weighted by Crippen LogP contribution is 2.25. The number of fused-ring (bicyclic) bond motifs is 1. The van der Waals surface area contributed by atoms with Gasteiger partial charge in [-0.3, -0.25) is 19.9 Å². The number of nitrogens with zero attached hydrogens (tertiary/aromatic N) is 3. The minimum atomic E-state index is -0.201. The van der Waals surface area contributed by atoms with E-state index in [1.165, 1.54) is 11.8 Å². The second-order valence-electron chi connectivity index (χ2n) is 7.07. The van der Waals surface area contributed by atoms with Gasteiger partial charge in [-0.25, -0.2) is 4.98 Å². The number of nitrogens with one attached hydrogen (secondary N) is 3. The Morgan fingerprint density at radius 2 is 2.00 bits per heavy atom. The molecule has 0 saturated heterocycles. The van der Waals surface area contributed by atoms with Gasteiger partial charge in [0, 0.05) is 22.1 Å². The first-order valence-corrected chi connectivity index (χ1v) is 11.1. The molecule has 2 heterocycles. The van der Waals surface area contributed by atoms with Gasteiger partial charge in [0.15, 0.2) is 10.8 Å². The van der Waals surface area contributed by atoms with Gasteiger partial charge in [-0.15, -0.1) is 0 Å². The number of carbonyl (C=O) groups excluding carboxylic acids is 1. The summed E-state index contributed by atoms with van der Waals surface area (Å²) in [5.41, 5.74) is 3.63. The molecule has 8 nitrogen and oxygen atoms in total. The Bertz CT molecular complexity index is 1360. The molecule has 164 valence electrons. The van der Waals surface area contributed by atoms with Crippen LogP contribution in [0.1, 0.15) is 11.3 Å². The molecule has 0 aliphatic rings. The molecule has 1 amide bonds. The van der Waals surface area contributed by atoms with Crippen molar-refractivity contribution in [1.82, 2.24) is 19.7 Å². The molecule has 4 rings (SSSR count). The third-order valence-electron chi connectivity index (χ3n) is 4.99. The number of anilines is 1. The number of aromatic nitrogens is 4. The molecule has 0 aliphatic heterocycles.